The molecule has 3 aromatic rings. The van der Waals surface area contributed by atoms with Gasteiger partial charge in [-0.1, -0.05) is 70.9 Å². The van der Waals surface area contributed by atoms with Crippen LogP contribution in [-0.4, -0.2) is 24.3 Å². The SMILES string of the molecule is COC(=O)Cc1sc(/N=C/c2ccccc2Cl)nc1-c1ccccc1Cl. The standard InChI is InChI=1S/C19H14Cl2N2O2S/c1-25-17(24)10-16-18(13-7-3-5-9-15(13)21)23-19(26-16)22-11-12-6-2-4-8-14(12)20/h2-9,11H,10H2,1H3/b22-11+. The zero-order valence-electron chi connectivity index (χ0n) is 13.8. The largest absolute Gasteiger partial charge is 0.469 e. The molecule has 132 valence electrons. The van der Waals surface area contributed by atoms with E-state index >= 15 is 0 Å². The fraction of sp³-hybridized carbons (Fsp3) is 0.105. The first-order valence-corrected chi connectivity index (χ1v) is 9.25. The molecule has 3 rings (SSSR count). The molecule has 0 atom stereocenters. The molecule has 0 amide bonds. The molecule has 0 unspecified atom stereocenters. The average Bonchev–Trinajstić information content (AvgIpc) is 3.03. The molecule has 0 bridgehead atoms. The minimum absolute atomic E-state index is 0.107. The number of nitrogens with zero attached hydrogens (tertiary/aromatic N) is 2. The number of benzene rings is 2. The Morgan fingerprint density at radius 3 is 2.54 bits per heavy atom. The van der Waals surface area contributed by atoms with Crippen molar-refractivity contribution in [1.82, 2.24) is 4.98 Å². The fourth-order valence-electron chi connectivity index (χ4n) is 2.29. The van der Waals surface area contributed by atoms with Crippen molar-refractivity contribution in [3.8, 4) is 11.3 Å². The van der Waals surface area contributed by atoms with Crippen LogP contribution in [0.5, 0.6) is 0 Å². The fourth-order valence-corrected chi connectivity index (χ4v) is 3.60. The molecule has 2 aromatic carbocycles. The Balaban J connectivity index is 2.00. The lowest BCUT2D eigenvalue weighted by Gasteiger charge is -2.03. The molecule has 0 saturated heterocycles. The maximum Gasteiger partial charge on any atom is 0.310 e. The van der Waals surface area contributed by atoms with Crippen molar-refractivity contribution in [3.63, 3.8) is 0 Å². The van der Waals surface area contributed by atoms with Crippen molar-refractivity contribution < 1.29 is 9.53 Å². The second-order valence-electron chi connectivity index (χ2n) is 5.28. The summed E-state index contributed by atoms with van der Waals surface area (Å²) in [5.74, 6) is -0.344. The number of esters is 1. The summed E-state index contributed by atoms with van der Waals surface area (Å²) < 4.78 is 4.78. The Bertz CT molecular complexity index is 970. The molecule has 0 aliphatic carbocycles. The van der Waals surface area contributed by atoms with E-state index in [1.807, 2.05) is 36.4 Å². The van der Waals surface area contributed by atoms with Gasteiger partial charge in [0.05, 0.1) is 19.2 Å². The number of methoxy groups -OCH3 is 1. The zero-order valence-corrected chi connectivity index (χ0v) is 16.1. The molecule has 0 saturated carbocycles. The molecule has 4 nitrogen and oxygen atoms in total. The predicted octanol–water partition coefficient (Wildman–Crippen LogP) is 5.58. The molecule has 0 aliphatic rings. The molecule has 0 fully saturated rings. The predicted molar refractivity (Wildman–Crippen MR) is 107 cm³/mol. The summed E-state index contributed by atoms with van der Waals surface area (Å²) in [6, 6.07) is 14.8. The lowest BCUT2D eigenvalue weighted by atomic mass is 10.1. The van der Waals surface area contributed by atoms with Gasteiger partial charge < -0.3 is 4.74 Å². The average molecular weight is 405 g/mol. The number of carbonyl (C=O) groups is 1. The van der Waals surface area contributed by atoms with E-state index in [0.29, 0.717) is 20.9 Å². The minimum Gasteiger partial charge on any atom is -0.469 e. The van der Waals surface area contributed by atoms with Gasteiger partial charge in [0, 0.05) is 32.3 Å². The topological polar surface area (TPSA) is 51.5 Å². The van der Waals surface area contributed by atoms with Gasteiger partial charge in [-0.25, -0.2) is 9.98 Å². The number of hydrogen-bond acceptors (Lipinski definition) is 5. The van der Waals surface area contributed by atoms with Gasteiger partial charge in [-0.05, 0) is 12.1 Å². The number of thiazole rings is 1. The second-order valence-corrected chi connectivity index (χ2v) is 7.16. The van der Waals surface area contributed by atoms with Gasteiger partial charge in [0.2, 0.25) is 5.13 Å². The van der Waals surface area contributed by atoms with Crippen LogP contribution in [0.3, 0.4) is 0 Å². The summed E-state index contributed by atoms with van der Waals surface area (Å²) in [4.78, 5) is 21.5. The van der Waals surface area contributed by atoms with Crippen LogP contribution >= 0.6 is 34.5 Å². The molecule has 1 heterocycles. The number of hydrogen-bond donors (Lipinski definition) is 0. The van der Waals surface area contributed by atoms with Crippen molar-refractivity contribution in [2.45, 2.75) is 6.42 Å². The highest BCUT2D eigenvalue weighted by atomic mass is 35.5. The normalized spacial score (nSPS) is 11.0. The van der Waals surface area contributed by atoms with E-state index < -0.39 is 0 Å². The number of halogens is 2. The number of carbonyl (C=O) groups excluding carboxylic acids is 1. The third kappa shape index (κ3) is 4.30. The van der Waals surface area contributed by atoms with Crippen LogP contribution in [0.25, 0.3) is 11.3 Å². The van der Waals surface area contributed by atoms with Crippen LogP contribution in [-0.2, 0) is 16.0 Å². The van der Waals surface area contributed by atoms with Gasteiger partial charge in [-0.3, -0.25) is 4.79 Å². The van der Waals surface area contributed by atoms with Gasteiger partial charge in [0.15, 0.2) is 0 Å². The van der Waals surface area contributed by atoms with Crippen LogP contribution in [0, 0.1) is 0 Å². The Labute approximate surface area is 165 Å². The van der Waals surface area contributed by atoms with Gasteiger partial charge in [-0.15, -0.1) is 0 Å². The van der Waals surface area contributed by atoms with Gasteiger partial charge in [0.25, 0.3) is 0 Å². The summed E-state index contributed by atoms with van der Waals surface area (Å²) in [7, 11) is 1.36. The Morgan fingerprint density at radius 2 is 1.85 bits per heavy atom. The summed E-state index contributed by atoms with van der Waals surface area (Å²) in [5, 5.41) is 1.68. The first-order chi connectivity index (χ1) is 12.6. The highest BCUT2D eigenvalue weighted by Crippen LogP contribution is 2.36. The van der Waals surface area contributed by atoms with E-state index in [1.54, 1.807) is 18.3 Å². The molecule has 7 heteroatoms. The molecule has 0 spiro atoms. The van der Waals surface area contributed by atoms with Crippen LogP contribution < -0.4 is 0 Å². The number of aromatic nitrogens is 1. The number of rotatable bonds is 5. The second kappa shape index (κ2) is 8.45. The van der Waals surface area contributed by atoms with Crippen molar-refractivity contribution in [2.24, 2.45) is 4.99 Å². The van der Waals surface area contributed by atoms with Crippen molar-refractivity contribution >= 4 is 51.9 Å². The molecule has 0 N–H and O–H groups in total. The van der Waals surface area contributed by atoms with E-state index in [2.05, 4.69) is 9.98 Å². The molecular formula is C19H14Cl2N2O2S. The first kappa shape index (κ1) is 18.6. The molecule has 0 aliphatic heterocycles. The molecule has 26 heavy (non-hydrogen) atoms. The summed E-state index contributed by atoms with van der Waals surface area (Å²) in [6.45, 7) is 0. The van der Waals surface area contributed by atoms with Crippen LogP contribution in [0.4, 0.5) is 5.13 Å². The van der Waals surface area contributed by atoms with E-state index in [9.17, 15) is 4.79 Å². The quantitative estimate of drug-likeness (QED) is 0.411. The zero-order chi connectivity index (χ0) is 18.5. The van der Waals surface area contributed by atoms with Crippen LogP contribution in [0.2, 0.25) is 10.0 Å². The third-order valence-electron chi connectivity index (χ3n) is 3.57. The molecular weight excluding hydrogens is 391 g/mol. The summed E-state index contributed by atoms with van der Waals surface area (Å²) in [5.41, 5.74) is 2.18. The van der Waals surface area contributed by atoms with Crippen molar-refractivity contribution in [3.05, 3.63) is 69.0 Å². The van der Waals surface area contributed by atoms with Crippen molar-refractivity contribution in [2.75, 3.05) is 7.11 Å². The first-order valence-electron chi connectivity index (χ1n) is 7.68. The van der Waals surface area contributed by atoms with Crippen molar-refractivity contribution in [1.29, 1.82) is 0 Å². The number of aliphatic imine (C=N–C) groups is 1. The van der Waals surface area contributed by atoms with Gasteiger partial charge >= 0.3 is 5.97 Å². The van der Waals surface area contributed by atoms with Crippen LogP contribution in [0.15, 0.2) is 53.5 Å². The third-order valence-corrected chi connectivity index (χ3v) is 5.20. The Morgan fingerprint density at radius 1 is 1.15 bits per heavy atom. The van der Waals surface area contributed by atoms with E-state index in [0.717, 1.165) is 16.0 Å². The smallest absolute Gasteiger partial charge is 0.310 e. The Hall–Kier alpha value is -2.21. The highest BCUT2D eigenvalue weighted by Gasteiger charge is 2.18. The maximum atomic E-state index is 11.8. The Kier molecular flexibility index (Phi) is 6.04. The van der Waals surface area contributed by atoms with Gasteiger partial charge in [-0.2, -0.15) is 0 Å². The number of ether oxygens (including phenoxy) is 1. The maximum absolute atomic E-state index is 11.8. The van der Waals surface area contributed by atoms with Gasteiger partial charge in [0.1, 0.15) is 0 Å². The van der Waals surface area contributed by atoms with E-state index in [4.69, 9.17) is 27.9 Å². The highest BCUT2D eigenvalue weighted by molar-refractivity contribution is 7.15. The molecule has 1 aromatic heterocycles. The van der Waals surface area contributed by atoms with Crippen LogP contribution in [0.1, 0.15) is 10.4 Å². The lowest BCUT2D eigenvalue weighted by molar-refractivity contribution is -0.139. The monoisotopic (exact) mass is 404 g/mol. The summed E-state index contributed by atoms with van der Waals surface area (Å²) in [6.07, 6.45) is 1.76. The summed E-state index contributed by atoms with van der Waals surface area (Å²) >= 11 is 13.8. The van der Waals surface area contributed by atoms with E-state index in [-0.39, 0.29) is 12.4 Å². The minimum atomic E-state index is -0.344. The lowest BCUT2D eigenvalue weighted by Crippen LogP contribution is -2.04. The molecule has 0 radical (unpaired) electrons. The van der Waals surface area contributed by atoms with E-state index in [1.165, 1.54) is 18.4 Å².